The summed E-state index contributed by atoms with van der Waals surface area (Å²) >= 11 is 0. The van der Waals surface area contributed by atoms with Crippen LogP contribution >= 0.6 is 0 Å². The van der Waals surface area contributed by atoms with E-state index in [0.29, 0.717) is 13.0 Å². The number of benzene rings is 1. The third kappa shape index (κ3) is 4.49. The summed E-state index contributed by atoms with van der Waals surface area (Å²) in [6.45, 7) is 8.74. The largest absolute Gasteiger partial charge is 0.351 e. The first-order valence-electron chi connectivity index (χ1n) is 6.38. The molecule has 0 aliphatic carbocycles. The van der Waals surface area contributed by atoms with E-state index < -0.39 is 0 Å². The summed E-state index contributed by atoms with van der Waals surface area (Å²) < 4.78 is 0. The molecule has 0 saturated heterocycles. The minimum atomic E-state index is -0.0162. The summed E-state index contributed by atoms with van der Waals surface area (Å²) in [5.41, 5.74) is 7.92. The normalized spacial score (nSPS) is 13.2. The lowest BCUT2D eigenvalue weighted by Gasteiger charge is -2.30. The van der Waals surface area contributed by atoms with Crippen molar-refractivity contribution >= 4 is 5.91 Å². The SMILES string of the molecule is Cc1ccc(CC(=O)NC(CN)C(C)(C)C)cc1. The molecule has 1 rings (SSSR count). The Morgan fingerprint density at radius 3 is 2.28 bits per heavy atom. The Labute approximate surface area is 110 Å². The number of rotatable bonds is 4. The lowest BCUT2D eigenvalue weighted by Crippen LogP contribution is -2.48. The van der Waals surface area contributed by atoms with Gasteiger partial charge in [0.2, 0.25) is 5.91 Å². The van der Waals surface area contributed by atoms with Crippen LogP contribution in [0.2, 0.25) is 0 Å². The van der Waals surface area contributed by atoms with E-state index in [1.807, 2.05) is 31.2 Å². The van der Waals surface area contributed by atoms with Gasteiger partial charge in [-0.3, -0.25) is 4.79 Å². The van der Waals surface area contributed by atoms with Gasteiger partial charge < -0.3 is 11.1 Å². The van der Waals surface area contributed by atoms with E-state index >= 15 is 0 Å². The molecule has 0 bridgehead atoms. The maximum absolute atomic E-state index is 11.9. The third-order valence-corrected chi connectivity index (χ3v) is 3.10. The van der Waals surface area contributed by atoms with Crippen LogP contribution in [0.1, 0.15) is 31.9 Å². The van der Waals surface area contributed by atoms with Crippen LogP contribution in [0.3, 0.4) is 0 Å². The summed E-state index contributed by atoms with van der Waals surface area (Å²) in [5.74, 6) is 0.0317. The summed E-state index contributed by atoms with van der Waals surface area (Å²) in [5, 5.41) is 3.01. The van der Waals surface area contributed by atoms with E-state index in [0.717, 1.165) is 5.56 Å². The molecule has 1 aromatic rings. The monoisotopic (exact) mass is 248 g/mol. The van der Waals surface area contributed by atoms with Crippen molar-refractivity contribution in [1.29, 1.82) is 0 Å². The molecule has 1 amide bonds. The predicted molar refractivity (Wildman–Crippen MR) is 75.3 cm³/mol. The summed E-state index contributed by atoms with van der Waals surface area (Å²) in [7, 11) is 0. The number of aryl methyl sites for hydroxylation is 1. The molecule has 3 nitrogen and oxygen atoms in total. The molecule has 1 aromatic carbocycles. The average molecular weight is 248 g/mol. The molecule has 3 N–H and O–H groups in total. The zero-order valence-corrected chi connectivity index (χ0v) is 11.8. The fraction of sp³-hybridized carbons (Fsp3) is 0.533. The molecular formula is C15H24N2O. The van der Waals surface area contributed by atoms with Crippen molar-refractivity contribution in [3.63, 3.8) is 0 Å². The van der Waals surface area contributed by atoms with Gasteiger partial charge in [0, 0.05) is 12.6 Å². The highest BCUT2D eigenvalue weighted by molar-refractivity contribution is 5.79. The van der Waals surface area contributed by atoms with Crippen LogP contribution in [0.5, 0.6) is 0 Å². The van der Waals surface area contributed by atoms with Crippen molar-refractivity contribution < 1.29 is 4.79 Å². The van der Waals surface area contributed by atoms with E-state index in [4.69, 9.17) is 5.73 Å². The van der Waals surface area contributed by atoms with Crippen molar-refractivity contribution in [3.8, 4) is 0 Å². The first-order valence-corrected chi connectivity index (χ1v) is 6.38. The molecule has 0 radical (unpaired) electrons. The lowest BCUT2D eigenvalue weighted by molar-refractivity contribution is -0.121. The topological polar surface area (TPSA) is 55.1 Å². The van der Waals surface area contributed by atoms with Crippen LogP contribution in [0.4, 0.5) is 0 Å². The van der Waals surface area contributed by atoms with Crippen LogP contribution in [0.25, 0.3) is 0 Å². The molecule has 3 heteroatoms. The van der Waals surface area contributed by atoms with Gasteiger partial charge in [-0.25, -0.2) is 0 Å². The van der Waals surface area contributed by atoms with Crippen molar-refractivity contribution in [1.82, 2.24) is 5.32 Å². The molecule has 18 heavy (non-hydrogen) atoms. The quantitative estimate of drug-likeness (QED) is 0.856. The smallest absolute Gasteiger partial charge is 0.224 e. The minimum absolute atomic E-state index is 0.00967. The van der Waals surface area contributed by atoms with E-state index in [2.05, 4.69) is 26.1 Å². The second-order valence-corrected chi connectivity index (χ2v) is 5.88. The fourth-order valence-electron chi connectivity index (χ4n) is 1.77. The van der Waals surface area contributed by atoms with Gasteiger partial charge in [-0.2, -0.15) is 0 Å². The molecule has 0 aliphatic heterocycles. The molecular weight excluding hydrogens is 224 g/mol. The Morgan fingerprint density at radius 2 is 1.83 bits per heavy atom. The molecule has 0 heterocycles. The van der Waals surface area contributed by atoms with Gasteiger partial charge in [-0.1, -0.05) is 50.6 Å². The number of nitrogens with two attached hydrogens (primary N) is 1. The molecule has 0 spiro atoms. The van der Waals surface area contributed by atoms with Crippen LogP contribution in [-0.2, 0) is 11.2 Å². The van der Waals surface area contributed by atoms with Crippen molar-refractivity contribution in [3.05, 3.63) is 35.4 Å². The minimum Gasteiger partial charge on any atom is -0.351 e. The zero-order chi connectivity index (χ0) is 13.8. The third-order valence-electron chi connectivity index (χ3n) is 3.10. The number of carbonyl (C=O) groups is 1. The van der Waals surface area contributed by atoms with Gasteiger partial charge in [0.25, 0.3) is 0 Å². The highest BCUT2D eigenvalue weighted by atomic mass is 16.1. The summed E-state index contributed by atoms with van der Waals surface area (Å²) in [4.78, 5) is 11.9. The van der Waals surface area contributed by atoms with E-state index in [9.17, 15) is 4.79 Å². The average Bonchev–Trinajstić information content (AvgIpc) is 2.27. The van der Waals surface area contributed by atoms with Crippen molar-refractivity contribution in [2.45, 2.75) is 40.2 Å². The molecule has 0 aliphatic rings. The maximum Gasteiger partial charge on any atom is 0.224 e. The highest BCUT2D eigenvalue weighted by Gasteiger charge is 2.24. The maximum atomic E-state index is 11.9. The molecule has 0 saturated carbocycles. The molecule has 1 atom stereocenters. The van der Waals surface area contributed by atoms with Crippen LogP contribution in [0, 0.1) is 12.3 Å². The Balaban J connectivity index is 2.58. The lowest BCUT2D eigenvalue weighted by atomic mass is 9.86. The summed E-state index contributed by atoms with van der Waals surface area (Å²) in [6, 6.07) is 8.03. The molecule has 100 valence electrons. The number of nitrogens with one attached hydrogen (secondary N) is 1. The Kier molecular flexibility index (Phi) is 4.91. The molecule has 0 fully saturated rings. The zero-order valence-electron chi connectivity index (χ0n) is 11.8. The van der Waals surface area contributed by atoms with E-state index in [1.54, 1.807) is 0 Å². The van der Waals surface area contributed by atoms with Gasteiger partial charge in [0.15, 0.2) is 0 Å². The van der Waals surface area contributed by atoms with Gasteiger partial charge in [0.05, 0.1) is 6.42 Å². The highest BCUT2D eigenvalue weighted by Crippen LogP contribution is 2.18. The van der Waals surface area contributed by atoms with Crippen molar-refractivity contribution in [2.24, 2.45) is 11.1 Å². The Morgan fingerprint density at radius 1 is 1.28 bits per heavy atom. The van der Waals surface area contributed by atoms with Gasteiger partial charge in [0.1, 0.15) is 0 Å². The van der Waals surface area contributed by atoms with Crippen LogP contribution < -0.4 is 11.1 Å². The van der Waals surface area contributed by atoms with Crippen molar-refractivity contribution in [2.75, 3.05) is 6.54 Å². The van der Waals surface area contributed by atoms with Gasteiger partial charge >= 0.3 is 0 Å². The van der Waals surface area contributed by atoms with Crippen LogP contribution in [-0.4, -0.2) is 18.5 Å². The van der Waals surface area contributed by atoms with Gasteiger partial charge in [-0.05, 0) is 17.9 Å². The fourth-order valence-corrected chi connectivity index (χ4v) is 1.77. The standard InChI is InChI=1S/C15H24N2O/c1-11-5-7-12(8-6-11)9-14(18)17-13(10-16)15(2,3)4/h5-8,13H,9-10,16H2,1-4H3,(H,17,18). The van der Waals surface area contributed by atoms with Gasteiger partial charge in [-0.15, -0.1) is 0 Å². The first kappa shape index (κ1) is 14.7. The van der Waals surface area contributed by atoms with E-state index in [1.165, 1.54) is 5.56 Å². The number of amides is 1. The number of carbonyl (C=O) groups excluding carboxylic acids is 1. The Hall–Kier alpha value is -1.35. The second kappa shape index (κ2) is 6.01. The predicted octanol–water partition coefficient (Wildman–Crippen LogP) is 2.03. The van der Waals surface area contributed by atoms with Crippen LogP contribution in [0.15, 0.2) is 24.3 Å². The second-order valence-electron chi connectivity index (χ2n) is 5.88. The Bertz CT molecular complexity index is 390. The first-order chi connectivity index (χ1) is 8.32. The summed E-state index contributed by atoms with van der Waals surface area (Å²) in [6.07, 6.45) is 0.410. The number of hydrogen-bond donors (Lipinski definition) is 2. The molecule has 1 unspecified atom stereocenters. The van der Waals surface area contributed by atoms with E-state index in [-0.39, 0.29) is 17.4 Å². The molecule has 0 aromatic heterocycles. The number of hydrogen-bond acceptors (Lipinski definition) is 2.